The van der Waals surface area contributed by atoms with Crippen LogP contribution in [0.3, 0.4) is 0 Å². The molecule has 0 N–H and O–H groups in total. The van der Waals surface area contributed by atoms with Crippen LogP contribution in [-0.2, 0) is 5.41 Å². The van der Waals surface area contributed by atoms with Crippen molar-refractivity contribution in [1.29, 1.82) is 0 Å². The SMILES string of the molecule is Cc1cc2c3c(c1)-n1c4c(cccc4c4c1c1ccccc1n4-c1ccccc1)B3c1cccc3c4c(n-2c13)-c1ccccc1C4(C)C. The number of nitrogens with zero attached hydrogens (tertiary/aromatic N) is 3. The number of benzene rings is 6. The molecule has 3 aromatic heterocycles. The normalized spacial score (nSPS) is 14.7. The first-order valence-corrected chi connectivity index (χ1v) is 17.1. The van der Waals surface area contributed by atoms with Crippen molar-refractivity contribution in [3.8, 4) is 28.3 Å². The average Bonchev–Trinajstić information content (AvgIpc) is 3.81. The molecule has 224 valence electrons. The summed E-state index contributed by atoms with van der Waals surface area (Å²) in [7, 11) is 0. The van der Waals surface area contributed by atoms with E-state index in [2.05, 4.69) is 162 Å². The molecular weight excluding hydrogens is 581 g/mol. The van der Waals surface area contributed by atoms with E-state index in [1.165, 1.54) is 105 Å². The second kappa shape index (κ2) is 8.21. The first-order valence-electron chi connectivity index (χ1n) is 17.1. The largest absolute Gasteiger partial charge is 0.310 e. The second-order valence-corrected chi connectivity index (χ2v) is 14.6. The molecule has 2 aliphatic heterocycles. The van der Waals surface area contributed by atoms with Crippen molar-refractivity contribution in [2.24, 2.45) is 0 Å². The van der Waals surface area contributed by atoms with Gasteiger partial charge in [0.15, 0.2) is 0 Å². The summed E-state index contributed by atoms with van der Waals surface area (Å²) in [6.45, 7) is 7.24. The molecule has 0 unspecified atom stereocenters. The van der Waals surface area contributed by atoms with Crippen LogP contribution in [0.4, 0.5) is 0 Å². The predicted molar refractivity (Wildman–Crippen MR) is 201 cm³/mol. The molecule has 0 saturated heterocycles. The number of hydrogen-bond donors (Lipinski definition) is 0. The molecule has 12 rings (SSSR count). The van der Waals surface area contributed by atoms with Crippen LogP contribution in [0.25, 0.3) is 72.1 Å². The predicted octanol–water partition coefficient (Wildman–Crippen LogP) is 8.43. The fraction of sp³-hybridized carbons (Fsp3) is 0.0909. The van der Waals surface area contributed by atoms with E-state index in [9.17, 15) is 0 Å². The van der Waals surface area contributed by atoms with Crippen LogP contribution in [0.2, 0.25) is 0 Å². The molecule has 5 heterocycles. The number of aromatic nitrogens is 3. The van der Waals surface area contributed by atoms with Gasteiger partial charge in [-0.3, -0.25) is 0 Å². The molecule has 0 amide bonds. The lowest BCUT2D eigenvalue weighted by molar-refractivity contribution is 0.666. The van der Waals surface area contributed by atoms with Crippen molar-refractivity contribution in [2.45, 2.75) is 26.2 Å². The average molecular weight is 612 g/mol. The molecule has 0 atom stereocenters. The Morgan fingerprint density at radius 2 is 1.17 bits per heavy atom. The van der Waals surface area contributed by atoms with Crippen molar-refractivity contribution in [3.63, 3.8) is 0 Å². The number of rotatable bonds is 1. The van der Waals surface area contributed by atoms with E-state index in [0.717, 1.165) is 0 Å². The van der Waals surface area contributed by atoms with E-state index in [1.807, 2.05) is 0 Å². The summed E-state index contributed by atoms with van der Waals surface area (Å²) in [5.74, 6) is 0. The van der Waals surface area contributed by atoms with Crippen LogP contribution in [0.5, 0.6) is 0 Å². The third kappa shape index (κ3) is 2.68. The van der Waals surface area contributed by atoms with Crippen LogP contribution in [0.15, 0.2) is 127 Å². The Morgan fingerprint density at radius 1 is 0.542 bits per heavy atom. The molecule has 0 spiro atoms. The fourth-order valence-electron chi connectivity index (χ4n) is 10.1. The first-order chi connectivity index (χ1) is 23.5. The van der Waals surface area contributed by atoms with Gasteiger partial charge in [-0.05, 0) is 70.3 Å². The van der Waals surface area contributed by atoms with Gasteiger partial charge in [0.1, 0.15) is 0 Å². The maximum atomic E-state index is 2.65. The standard InChI is InChI=1S/C44H30BN3/c1-25-23-35-38-36(24-25)48-40-30(43-42(48)28-16-8-10-22-34(28)46(43)26-13-5-4-6-14-26)18-12-21-33(40)45(38)32-20-11-17-29-37-41(47(35)39(29)32)27-15-7-9-19-31(27)44(37,2)3/h4-24H,1-3H3. The minimum atomic E-state index is -0.0857. The molecule has 0 radical (unpaired) electrons. The van der Waals surface area contributed by atoms with E-state index in [-0.39, 0.29) is 12.1 Å². The highest BCUT2D eigenvalue weighted by atomic mass is 15.1. The summed E-state index contributed by atoms with van der Waals surface area (Å²) < 4.78 is 7.76. The van der Waals surface area contributed by atoms with Crippen LogP contribution in [0, 0.1) is 6.92 Å². The van der Waals surface area contributed by atoms with Gasteiger partial charge >= 0.3 is 0 Å². The van der Waals surface area contributed by atoms with E-state index in [1.54, 1.807) is 0 Å². The van der Waals surface area contributed by atoms with Gasteiger partial charge < -0.3 is 13.7 Å². The summed E-state index contributed by atoms with van der Waals surface area (Å²) >= 11 is 0. The highest BCUT2D eigenvalue weighted by molar-refractivity contribution is 7.00. The smallest absolute Gasteiger partial charge is 0.252 e. The van der Waals surface area contributed by atoms with Crippen LogP contribution < -0.4 is 16.4 Å². The minimum absolute atomic E-state index is 0.0857. The van der Waals surface area contributed by atoms with Crippen molar-refractivity contribution in [3.05, 3.63) is 144 Å². The van der Waals surface area contributed by atoms with Gasteiger partial charge in [0.2, 0.25) is 0 Å². The molecule has 48 heavy (non-hydrogen) atoms. The Balaban J connectivity index is 1.31. The van der Waals surface area contributed by atoms with E-state index in [0.29, 0.717) is 0 Å². The highest BCUT2D eigenvalue weighted by Crippen LogP contribution is 2.54. The van der Waals surface area contributed by atoms with Crippen molar-refractivity contribution < 1.29 is 0 Å². The Bertz CT molecular complexity index is 2930. The van der Waals surface area contributed by atoms with Gasteiger partial charge in [0.05, 0.1) is 27.8 Å². The monoisotopic (exact) mass is 611 g/mol. The lowest BCUT2D eigenvalue weighted by Crippen LogP contribution is -2.59. The summed E-state index contributed by atoms with van der Waals surface area (Å²) in [6.07, 6.45) is 0. The van der Waals surface area contributed by atoms with Crippen molar-refractivity contribution >= 4 is 66.8 Å². The van der Waals surface area contributed by atoms with Crippen molar-refractivity contribution in [1.82, 2.24) is 13.7 Å². The van der Waals surface area contributed by atoms with Gasteiger partial charge in [-0.1, -0.05) is 111 Å². The van der Waals surface area contributed by atoms with Crippen molar-refractivity contribution in [2.75, 3.05) is 0 Å². The molecule has 0 saturated carbocycles. The minimum Gasteiger partial charge on any atom is -0.310 e. The van der Waals surface area contributed by atoms with E-state index in [4.69, 9.17) is 0 Å². The molecule has 4 heteroatoms. The molecule has 1 aliphatic carbocycles. The third-order valence-corrected chi connectivity index (χ3v) is 11.8. The summed E-state index contributed by atoms with van der Waals surface area (Å²) in [5.41, 5.74) is 21.4. The van der Waals surface area contributed by atoms with Crippen LogP contribution >= 0.6 is 0 Å². The van der Waals surface area contributed by atoms with Gasteiger partial charge in [-0.25, -0.2) is 0 Å². The Labute approximate surface area is 278 Å². The second-order valence-electron chi connectivity index (χ2n) is 14.6. The third-order valence-electron chi connectivity index (χ3n) is 11.8. The summed E-state index contributed by atoms with van der Waals surface area (Å²) in [6, 6.07) is 47.9. The molecule has 6 aromatic carbocycles. The zero-order valence-corrected chi connectivity index (χ0v) is 27.0. The Kier molecular flexibility index (Phi) is 4.34. The maximum Gasteiger partial charge on any atom is 0.252 e. The lowest BCUT2D eigenvalue weighted by atomic mass is 9.34. The first kappa shape index (κ1) is 25.4. The quantitative estimate of drug-likeness (QED) is 0.166. The zero-order chi connectivity index (χ0) is 31.6. The fourth-order valence-corrected chi connectivity index (χ4v) is 10.1. The summed E-state index contributed by atoms with van der Waals surface area (Å²) in [4.78, 5) is 0. The van der Waals surface area contributed by atoms with Crippen LogP contribution in [-0.4, -0.2) is 20.4 Å². The Hall–Kier alpha value is -5.74. The van der Waals surface area contributed by atoms with E-state index < -0.39 is 0 Å². The van der Waals surface area contributed by atoms with E-state index >= 15 is 0 Å². The molecule has 0 fully saturated rings. The topological polar surface area (TPSA) is 14.8 Å². The highest BCUT2D eigenvalue weighted by Gasteiger charge is 2.46. The van der Waals surface area contributed by atoms with Gasteiger partial charge in [-0.15, -0.1) is 0 Å². The lowest BCUT2D eigenvalue weighted by Gasteiger charge is -2.34. The zero-order valence-electron chi connectivity index (χ0n) is 27.0. The molecule has 3 nitrogen and oxygen atoms in total. The number of fused-ring (bicyclic) bond motifs is 14. The number of hydrogen-bond acceptors (Lipinski definition) is 0. The molecule has 3 aliphatic rings. The Morgan fingerprint density at radius 3 is 1.98 bits per heavy atom. The van der Waals surface area contributed by atoms with Crippen LogP contribution in [0.1, 0.15) is 30.5 Å². The summed E-state index contributed by atoms with van der Waals surface area (Å²) in [5, 5.41) is 3.97. The molecule has 0 bridgehead atoms. The molecule has 9 aromatic rings. The number of aryl methyl sites for hydroxylation is 1. The van der Waals surface area contributed by atoms with Gasteiger partial charge in [0, 0.05) is 49.7 Å². The maximum absolute atomic E-state index is 2.65. The van der Waals surface area contributed by atoms with Gasteiger partial charge in [-0.2, -0.15) is 0 Å². The molecular formula is C44H30BN3. The van der Waals surface area contributed by atoms with Gasteiger partial charge in [0.25, 0.3) is 6.71 Å². The number of para-hydroxylation sites is 4.